The van der Waals surface area contributed by atoms with E-state index in [1.165, 1.54) is 5.56 Å². The molecule has 1 aliphatic heterocycles. The van der Waals surface area contributed by atoms with Gasteiger partial charge in [-0.05, 0) is 35.4 Å². The first-order valence-electron chi connectivity index (χ1n) is 10.8. The molecule has 2 N–H and O–H groups in total. The smallest absolute Gasteiger partial charge is 0.177 e. The molecular weight excluding hydrogens is 503 g/mol. The second-order valence-electron chi connectivity index (χ2n) is 7.71. The highest BCUT2D eigenvalue weighted by Crippen LogP contribution is 2.35. The van der Waals surface area contributed by atoms with E-state index in [9.17, 15) is 0 Å². The van der Waals surface area contributed by atoms with Crippen molar-refractivity contribution >= 4 is 40.8 Å². The molecule has 0 aliphatic carbocycles. The molecule has 178 valence electrons. The molecule has 0 amide bonds. The number of nitrogens with zero attached hydrogens (tertiary/aromatic N) is 4. The van der Waals surface area contributed by atoms with Crippen LogP contribution in [0.15, 0.2) is 89.1 Å². The Morgan fingerprint density at radius 2 is 1.66 bits per heavy atom. The molecule has 4 aromatic rings. The first kappa shape index (κ1) is 23.6. The monoisotopic (exact) mass is 524 g/mol. The number of benzene rings is 3. The SMILES string of the molecule is COc1ccc(CN2NNN=C2c2cnn(-c3c(Cl)cccc3Cl)c2SCc2ccccc2)cc1. The molecule has 2 heterocycles. The minimum Gasteiger partial charge on any atom is -0.497 e. The van der Waals surface area contributed by atoms with Crippen LogP contribution < -0.4 is 15.8 Å². The third kappa shape index (κ3) is 5.11. The molecule has 0 fully saturated rings. The Morgan fingerprint density at radius 1 is 0.914 bits per heavy atom. The van der Waals surface area contributed by atoms with Gasteiger partial charge in [-0.25, -0.2) is 10.2 Å². The number of aromatic nitrogens is 2. The molecule has 7 nitrogen and oxygen atoms in total. The van der Waals surface area contributed by atoms with Crippen molar-refractivity contribution in [3.8, 4) is 11.4 Å². The molecule has 0 unspecified atom stereocenters. The van der Waals surface area contributed by atoms with Crippen molar-refractivity contribution in [1.82, 2.24) is 25.9 Å². The Bertz CT molecular complexity index is 1320. The summed E-state index contributed by atoms with van der Waals surface area (Å²) >= 11 is 14.8. The quantitative estimate of drug-likeness (QED) is 0.289. The van der Waals surface area contributed by atoms with Gasteiger partial charge in [0.15, 0.2) is 5.84 Å². The predicted molar refractivity (Wildman–Crippen MR) is 141 cm³/mol. The molecule has 3 aromatic carbocycles. The normalized spacial score (nSPS) is 13.0. The van der Waals surface area contributed by atoms with Gasteiger partial charge >= 0.3 is 0 Å². The highest BCUT2D eigenvalue weighted by molar-refractivity contribution is 7.98. The van der Waals surface area contributed by atoms with Crippen LogP contribution in [0, 0.1) is 0 Å². The zero-order valence-electron chi connectivity index (χ0n) is 18.8. The van der Waals surface area contributed by atoms with E-state index in [2.05, 4.69) is 33.4 Å². The number of ether oxygens (including phenoxy) is 1. The maximum absolute atomic E-state index is 6.55. The zero-order valence-corrected chi connectivity index (χ0v) is 21.1. The van der Waals surface area contributed by atoms with E-state index in [1.807, 2.05) is 65.7 Å². The van der Waals surface area contributed by atoms with E-state index >= 15 is 0 Å². The molecule has 0 radical (unpaired) electrons. The fourth-order valence-corrected chi connectivity index (χ4v) is 5.30. The summed E-state index contributed by atoms with van der Waals surface area (Å²) in [6.07, 6.45) is 1.79. The van der Waals surface area contributed by atoms with Gasteiger partial charge in [0.1, 0.15) is 16.5 Å². The highest BCUT2D eigenvalue weighted by atomic mass is 35.5. The maximum atomic E-state index is 6.55. The molecule has 0 saturated carbocycles. The van der Waals surface area contributed by atoms with Gasteiger partial charge in [-0.2, -0.15) is 5.10 Å². The van der Waals surface area contributed by atoms with Crippen molar-refractivity contribution < 1.29 is 4.74 Å². The molecule has 0 spiro atoms. The van der Waals surface area contributed by atoms with Gasteiger partial charge in [0.25, 0.3) is 0 Å². The van der Waals surface area contributed by atoms with Crippen LogP contribution in [0.5, 0.6) is 5.75 Å². The van der Waals surface area contributed by atoms with Crippen LogP contribution in [0.25, 0.3) is 5.69 Å². The number of rotatable bonds is 8. The average molecular weight is 525 g/mol. The van der Waals surface area contributed by atoms with Gasteiger partial charge in [0.05, 0.1) is 35.5 Å². The minimum absolute atomic E-state index is 0.522. The van der Waals surface area contributed by atoms with Crippen LogP contribution in [0.2, 0.25) is 10.0 Å². The van der Waals surface area contributed by atoms with Crippen molar-refractivity contribution in [3.05, 3.63) is 106 Å². The lowest BCUT2D eigenvalue weighted by Gasteiger charge is -2.19. The highest BCUT2D eigenvalue weighted by Gasteiger charge is 2.27. The van der Waals surface area contributed by atoms with Crippen molar-refractivity contribution in [3.63, 3.8) is 0 Å². The second kappa shape index (κ2) is 10.6. The Kier molecular flexibility index (Phi) is 7.15. The van der Waals surface area contributed by atoms with Gasteiger partial charge in [0, 0.05) is 5.75 Å². The van der Waals surface area contributed by atoms with Crippen molar-refractivity contribution in [2.24, 2.45) is 5.10 Å². The molecule has 0 atom stereocenters. The fourth-order valence-electron chi connectivity index (χ4n) is 3.69. The third-order valence-corrected chi connectivity index (χ3v) is 7.19. The minimum atomic E-state index is 0.522. The zero-order chi connectivity index (χ0) is 24.2. The first-order valence-corrected chi connectivity index (χ1v) is 12.6. The number of thioether (sulfide) groups is 1. The van der Waals surface area contributed by atoms with E-state index in [1.54, 1.807) is 29.8 Å². The number of para-hydroxylation sites is 1. The van der Waals surface area contributed by atoms with Gasteiger partial charge in [-0.3, -0.25) is 5.01 Å². The summed E-state index contributed by atoms with van der Waals surface area (Å²) in [4.78, 5) is 0. The van der Waals surface area contributed by atoms with E-state index in [4.69, 9.17) is 27.9 Å². The lowest BCUT2D eigenvalue weighted by atomic mass is 10.2. The summed E-state index contributed by atoms with van der Waals surface area (Å²) < 4.78 is 7.06. The van der Waals surface area contributed by atoms with Gasteiger partial charge < -0.3 is 4.74 Å². The van der Waals surface area contributed by atoms with Crippen molar-refractivity contribution in [2.75, 3.05) is 7.11 Å². The summed E-state index contributed by atoms with van der Waals surface area (Å²) in [6.45, 7) is 0.580. The summed E-state index contributed by atoms with van der Waals surface area (Å²) in [5, 5.41) is 13.0. The predicted octanol–water partition coefficient (Wildman–Crippen LogP) is 5.67. The fraction of sp³-hybridized carbons (Fsp3) is 0.120. The van der Waals surface area contributed by atoms with Crippen LogP contribution in [-0.2, 0) is 12.3 Å². The number of hydrogen-bond acceptors (Lipinski definition) is 7. The Morgan fingerprint density at radius 3 is 2.37 bits per heavy atom. The van der Waals surface area contributed by atoms with E-state index < -0.39 is 0 Å². The molecule has 5 rings (SSSR count). The summed E-state index contributed by atoms with van der Waals surface area (Å²) in [6, 6.07) is 23.6. The number of hydrogen-bond donors (Lipinski definition) is 2. The number of amidine groups is 1. The lowest BCUT2D eigenvalue weighted by Crippen LogP contribution is -2.40. The molecule has 10 heteroatoms. The van der Waals surface area contributed by atoms with Gasteiger partial charge in [-0.15, -0.1) is 22.4 Å². The van der Waals surface area contributed by atoms with Crippen LogP contribution in [0.3, 0.4) is 0 Å². The average Bonchev–Trinajstić information content (AvgIpc) is 3.50. The second-order valence-corrected chi connectivity index (χ2v) is 9.49. The Hall–Kier alpha value is -3.17. The summed E-state index contributed by atoms with van der Waals surface area (Å²) in [5.41, 5.74) is 9.76. The third-order valence-electron chi connectivity index (χ3n) is 5.44. The molecule has 35 heavy (non-hydrogen) atoms. The van der Waals surface area contributed by atoms with Gasteiger partial charge in [-0.1, -0.05) is 71.7 Å². The number of hydrazone groups is 1. The molecule has 0 saturated heterocycles. The largest absolute Gasteiger partial charge is 0.497 e. The number of nitrogens with one attached hydrogen (secondary N) is 2. The van der Waals surface area contributed by atoms with Crippen molar-refractivity contribution in [1.29, 1.82) is 0 Å². The Labute approximate surface area is 217 Å². The van der Waals surface area contributed by atoms with Crippen LogP contribution in [0.4, 0.5) is 0 Å². The molecule has 0 bridgehead atoms. The number of methoxy groups -OCH3 is 1. The standard InChI is InChI=1S/C25H22Cl2N6OS/c1-34-19-12-10-17(11-13-19)15-32-24(29-30-31-32)20-14-28-33(23-21(26)8-5-9-22(23)27)25(20)35-16-18-6-3-2-4-7-18/h2-14,30-31H,15-16H2,1H3. The first-order chi connectivity index (χ1) is 17.1. The Balaban J connectivity index is 1.50. The number of hydrazine groups is 2. The van der Waals surface area contributed by atoms with E-state index in [0.29, 0.717) is 28.1 Å². The summed E-state index contributed by atoms with van der Waals surface area (Å²) in [5.74, 6) is 2.27. The van der Waals surface area contributed by atoms with E-state index in [-0.39, 0.29) is 0 Å². The molecule has 1 aliphatic rings. The maximum Gasteiger partial charge on any atom is 0.177 e. The number of halogens is 2. The molecule has 1 aromatic heterocycles. The van der Waals surface area contributed by atoms with Crippen LogP contribution in [0.1, 0.15) is 16.7 Å². The summed E-state index contributed by atoms with van der Waals surface area (Å²) in [7, 11) is 1.66. The lowest BCUT2D eigenvalue weighted by molar-refractivity contribution is 0.287. The van der Waals surface area contributed by atoms with Crippen LogP contribution in [-0.4, -0.2) is 27.7 Å². The van der Waals surface area contributed by atoms with Crippen molar-refractivity contribution in [2.45, 2.75) is 17.3 Å². The molecular formula is C25H22Cl2N6OS. The van der Waals surface area contributed by atoms with Gasteiger partial charge in [0.2, 0.25) is 0 Å². The topological polar surface area (TPSA) is 66.7 Å². The van der Waals surface area contributed by atoms with E-state index in [0.717, 1.165) is 27.7 Å². The van der Waals surface area contributed by atoms with Crippen LogP contribution >= 0.6 is 35.0 Å².